The lowest BCUT2D eigenvalue weighted by Gasteiger charge is -2.35. The van der Waals surface area contributed by atoms with Gasteiger partial charge in [-0.3, -0.25) is 19.1 Å². The first kappa shape index (κ1) is 63.3. The van der Waals surface area contributed by atoms with Gasteiger partial charge in [0.05, 0.1) is 38.7 Å². The highest BCUT2D eigenvalue weighted by atomic mass is 35.5. The Morgan fingerprint density at radius 1 is 0.938 bits per heavy atom. The van der Waals surface area contributed by atoms with Crippen molar-refractivity contribution >= 4 is 73.9 Å². The van der Waals surface area contributed by atoms with Crippen molar-refractivity contribution in [2.45, 2.75) is 108 Å². The van der Waals surface area contributed by atoms with Gasteiger partial charge in [0.25, 0.3) is 5.92 Å². The van der Waals surface area contributed by atoms with Crippen molar-refractivity contribution in [1.82, 2.24) is 34.8 Å². The number of hydrogen-bond donors (Lipinski definition) is 3. The Morgan fingerprint density at radius 3 is 2.09 bits per heavy atom. The second kappa shape index (κ2) is 22.1. The minimum absolute atomic E-state index is 0.0143. The Morgan fingerprint density at radius 2 is 1.54 bits per heavy atom. The molecule has 2 atom stereocenters. The number of amides is 3. The van der Waals surface area contributed by atoms with Crippen molar-refractivity contribution in [2.75, 3.05) is 30.7 Å². The number of pyridine rings is 1. The lowest BCUT2D eigenvalue weighted by Crippen LogP contribution is -2.57. The molecule has 0 saturated heterocycles. The Balaban J connectivity index is 1.62. The number of phosphoric ester groups is 1. The SMILES string of the molecule is C[C@@H]1Cc2c(C(F)(F)F)nn(CC(=O)N[C@@H](Cc3cc(F)cc(F)c3)c3nc(CCC(C)(C)S(C)(=O)=O)ccc3-c3ccc(Cl)c4c(N(C(=O)N(C)C(C)(C)C(=O)OCOP(=O)(O)O)S(C)(=O)=O)nn(CC(F)(F)F)c34)c2C1(F)F. The van der Waals surface area contributed by atoms with Gasteiger partial charge in [-0.15, -0.1) is 0 Å². The number of carbonyl (C=O) groups excluding carboxylic acids is 3. The third-order valence-electron chi connectivity index (χ3n) is 13.2. The van der Waals surface area contributed by atoms with Crippen LogP contribution in [0, 0.1) is 17.6 Å². The minimum atomic E-state index is -5.27. The van der Waals surface area contributed by atoms with Crippen molar-refractivity contribution in [3.63, 3.8) is 0 Å². The predicted molar refractivity (Wildman–Crippen MR) is 265 cm³/mol. The fraction of sp³-hybridized carbons (Fsp3) is 0.478. The largest absolute Gasteiger partial charge is 0.472 e. The summed E-state index contributed by atoms with van der Waals surface area (Å²) in [5.74, 6) is -12.0. The second-order valence-corrected chi connectivity index (χ2v) is 26.1. The van der Waals surface area contributed by atoms with E-state index in [1.54, 1.807) is 0 Å². The quantitative estimate of drug-likeness (QED) is 0.0305. The number of halogens is 11. The number of hydrogen-bond acceptors (Lipinski definition) is 13. The van der Waals surface area contributed by atoms with Crippen molar-refractivity contribution in [2.24, 2.45) is 5.92 Å². The van der Waals surface area contributed by atoms with Crippen LogP contribution in [0.25, 0.3) is 22.0 Å². The lowest BCUT2D eigenvalue weighted by atomic mass is 9.93. The Labute approximate surface area is 454 Å². The normalized spacial score (nSPS) is 15.7. The number of nitrogens with zero attached hydrogens (tertiary/aromatic N) is 7. The Hall–Kier alpha value is -5.92. The molecule has 3 N–H and O–H groups in total. The fourth-order valence-corrected chi connectivity index (χ4v) is 10.3. The molecule has 2 aromatic carbocycles. The van der Waals surface area contributed by atoms with Crippen LogP contribution in [0.15, 0.2) is 42.5 Å². The first-order valence-corrected chi connectivity index (χ1v) is 28.9. The van der Waals surface area contributed by atoms with Crippen LogP contribution < -0.4 is 9.62 Å². The maximum Gasteiger partial charge on any atom is 0.472 e. The van der Waals surface area contributed by atoms with E-state index in [1.807, 2.05) is 0 Å². The minimum Gasteiger partial charge on any atom is -0.436 e. The van der Waals surface area contributed by atoms with Gasteiger partial charge in [-0.05, 0) is 83.2 Å². The third kappa shape index (κ3) is 13.7. The summed E-state index contributed by atoms with van der Waals surface area (Å²) in [7, 11) is -13.3. The summed E-state index contributed by atoms with van der Waals surface area (Å²) in [6.07, 6.45) is -11.1. The van der Waals surface area contributed by atoms with E-state index in [2.05, 4.69) is 25.0 Å². The number of sulfonamides is 1. The van der Waals surface area contributed by atoms with Crippen LogP contribution in [0.4, 0.5) is 54.5 Å². The van der Waals surface area contributed by atoms with Crippen molar-refractivity contribution < 1.29 is 98.7 Å². The van der Waals surface area contributed by atoms with Gasteiger partial charge in [0.2, 0.25) is 22.7 Å². The number of anilines is 1. The molecule has 0 saturated carbocycles. The number of carbonyl (C=O) groups is 3. The first-order chi connectivity index (χ1) is 36.4. The number of benzene rings is 2. The zero-order valence-electron chi connectivity index (χ0n) is 43.2. The number of phosphoric acid groups is 1. The molecular weight excluding hydrogens is 1180 g/mol. The molecule has 1 aliphatic carbocycles. The Bertz CT molecular complexity index is 3530. The van der Waals surface area contributed by atoms with Crippen LogP contribution in [0.2, 0.25) is 5.02 Å². The van der Waals surface area contributed by atoms with Gasteiger partial charge in [-0.2, -0.15) is 49.6 Å². The molecule has 80 heavy (non-hydrogen) atoms. The monoisotopic (exact) mass is 1230 g/mol. The van der Waals surface area contributed by atoms with Crippen LogP contribution in [0.5, 0.6) is 0 Å². The molecule has 440 valence electrons. The standard InChI is InChI=1S/C46H50ClF10N8O12PS2/c1-23-15-30-37(46(55,56)57)60-63(38(30)45(23,53)54)20-33(66)59-32(18-24-16-25(48)19-26(49)17-24)35-28(10-9-27(58-35)13-14-42(2,3)79(7,72)73)29-11-12-31(47)34-36(29)64(21-44(50,51)52)61-39(34)65(80(8,74)75)41(68)62(6)43(4,5)40(67)76-22-77-78(69,70)71/h9-12,16-17,19,23,32H,13-15,18,20-22H2,1-8H3,(H,59,66)(H2,69,70,71)/t23-,32+/m1/s1. The summed E-state index contributed by atoms with van der Waals surface area (Å²) in [4.78, 5) is 64.9. The van der Waals surface area contributed by atoms with E-state index in [9.17, 15) is 70.9 Å². The highest BCUT2D eigenvalue weighted by Crippen LogP contribution is 2.50. The molecule has 0 unspecified atom stereocenters. The topological polar surface area (TPSA) is 263 Å². The summed E-state index contributed by atoms with van der Waals surface area (Å²) in [5, 5.41) is 8.37. The van der Waals surface area contributed by atoms with Gasteiger partial charge in [0.1, 0.15) is 36.0 Å². The van der Waals surface area contributed by atoms with Crippen LogP contribution in [-0.4, -0.2) is 117 Å². The summed E-state index contributed by atoms with van der Waals surface area (Å²) in [6, 6.07) is 2.99. The number of sulfone groups is 1. The average Bonchev–Trinajstić information content (AvgIpc) is 3.91. The molecule has 34 heteroatoms. The second-order valence-electron chi connectivity index (χ2n) is 19.9. The molecule has 3 heterocycles. The molecule has 3 amide bonds. The summed E-state index contributed by atoms with van der Waals surface area (Å²) in [5.41, 5.74) is -8.35. The molecular formula is C46H50ClF10N8O12PS2. The molecule has 0 fully saturated rings. The van der Waals surface area contributed by atoms with Crippen molar-refractivity contribution in [3.8, 4) is 11.1 Å². The number of fused-ring (bicyclic) bond motifs is 2. The molecule has 0 spiro atoms. The number of urea groups is 1. The number of aromatic nitrogens is 5. The molecule has 6 rings (SSSR count). The van der Waals surface area contributed by atoms with Gasteiger partial charge < -0.3 is 24.7 Å². The van der Waals surface area contributed by atoms with Crippen molar-refractivity contribution in [1.29, 1.82) is 0 Å². The molecule has 0 bridgehead atoms. The third-order valence-corrected chi connectivity index (χ3v) is 17.2. The molecule has 5 aromatic rings. The van der Waals surface area contributed by atoms with Crippen LogP contribution in [0.1, 0.15) is 81.0 Å². The van der Waals surface area contributed by atoms with E-state index < -0.39 is 180 Å². The smallest absolute Gasteiger partial charge is 0.436 e. The molecule has 0 aliphatic heterocycles. The number of aryl methyl sites for hydroxylation is 1. The van der Waals surface area contributed by atoms with Gasteiger partial charge in [-0.1, -0.05) is 30.7 Å². The average molecular weight is 1230 g/mol. The maximum atomic E-state index is 15.6. The van der Waals surface area contributed by atoms with Gasteiger partial charge >= 0.3 is 32.2 Å². The lowest BCUT2D eigenvalue weighted by molar-refractivity contribution is -0.161. The van der Waals surface area contributed by atoms with Gasteiger partial charge in [0.15, 0.2) is 21.3 Å². The Kier molecular flexibility index (Phi) is 17.5. The van der Waals surface area contributed by atoms with E-state index in [0.717, 1.165) is 58.3 Å². The van der Waals surface area contributed by atoms with Gasteiger partial charge in [-0.25, -0.2) is 44.3 Å². The first-order valence-electron chi connectivity index (χ1n) is 23.3. The van der Waals surface area contributed by atoms with E-state index in [1.165, 1.54) is 26.0 Å². The predicted octanol–water partition coefficient (Wildman–Crippen LogP) is 8.15. The fourth-order valence-electron chi connectivity index (χ4n) is 8.53. The zero-order valence-corrected chi connectivity index (χ0v) is 46.5. The van der Waals surface area contributed by atoms with Crippen LogP contribution in [-0.2, 0) is 87.7 Å². The van der Waals surface area contributed by atoms with E-state index in [4.69, 9.17) is 26.1 Å². The van der Waals surface area contributed by atoms with E-state index in [-0.39, 0.29) is 43.3 Å². The molecule has 0 radical (unpaired) electrons. The molecule has 20 nitrogen and oxygen atoms in total. The number of nitrogens with one attached hydrogen (secondary N) is 1. The highest BCUT2D eigenvalue weighted by Gasteiger charge is 2.54. The molecule has 1 aliphatic rings. The van der Waals surface area contributed by atoms with E-state index >= 15 is 8.78 Å². The number of ether oxygens (including phenoxy) is 1. The summed E-state index contributed by atoms with van der Waals surface area (Å²) < 4.78 is 220. The number of alkyl halides is 8. The molecule has 3 aromatic heterocycles. The summed E-state index contributed by atoms with van der Waals surface area (Å²) in [6.45, 7) is 0.857. The highest BCUT2D eigenvalue weighted by molar-refractivity contribution is 7.93. The number of esters is 1. The summed E-state index contributed by atoms with van der Waals surface area (Å²) >= 11 is 6.69. The number of likely N-dealkylation sites (N-methyl/N-ethyl adjacent to an activating group) is 1. The van der Waals surface area contributed by atoms with Crippen molar-refractivity contribution in [3.05, 3.63) is 93.0 Å². The van der Waals surface area contributed by atoms with Crippen LogP contribution >= 0.6 is 19.4 Å². The maximum absolute atomic E-state index is 15.6. The zero-order chi connectivity index (χ0) is 60.4. The van der Waals surface area contributed by atoms with Gasteiger partial charge in [0, 0.05) is 47.7 Å². The van der Waals surface area contributed by atoms with Crippen LogP contribution in [0.3, 0.4) is 0 Å². The number of rotatable bonds is 19. The van der Waals surface area contributed by atoms with E-state index in [0.29, 0.717) is 17.2 Å².